The first-order valence-electron chi connectivity index (χ1n) is 8.42. The first-order chi connectivity index (χ1) is 12.1. The minimum absolute atomic E-state index is 0.141. The standard InChI is InChI=1S/C19H24N2O4/c1-13-18(23)16(15(12-22)9-20-13)11-21-7-4-8-25-19-14(10-21)5-3-6-17(19)24-2/h3,5-6,9,22-23H,4,7-8,10-12H2,1-2H3. The van der Waals surface area contributed by atoms with Crippen LogP contribution in [0.5, 0.6) is 17.2 Å². The Bertz CT molecular complexity index is 748. The number of rotatable bonds is 4. The molecule has 0 fully saturated rings. The molecule has 0 atom stereocenters. The minimum Gasteiger partial charge on any atom is -0.506 e. The van der Waals surface area contributed by atoms with Gasteiger partial charge in [-0.25, -0.2) is 0 Å². The van der Waals surface area contributed by atoms with E-state index in [0.717, 1.165) is 35.6 Å². The van der Waals surface area contributed by atoms with Gasteiger partial charge in [0.25, 0.3) is 0 Å². The Morgan fingerprint density at radius 2 is 2.20 bits per heavy atom. The van der Waals surface area contributed by atoms with Crippen molar-refractivity contribution in [2.24, 2.45) is 0 Å². The van der Waals surface area contributed by atoms with Crippen molar-refractivity contribution in [2.75, 3.05) is 20.3 Å². The highest BCUT2D eigenvalue weighted by molar-refractivity contribution is 5.47. The van der Waals surface area contributed by atoms with Gasteiger partial charge < -0.3 is 19.7 Å². The number of benzene rings is 1. The smallest absolute Gasteiger partial charge is 0.165 e. The Balaban J connectivity index is 1.90. The van der Waals surface area contributed by atoms with Gasteiger partial charge in [-0.15, -0.1) is 0 Å². The number of para-hydroxylation sites is 1. The van der Waals surface area contributed by atoms with Gasteiger partial charge in [0, 0.05) is 42.5 Å². The van der Waals surface area contributed by atoms with Crippen LogP contribution in [-0.2, 0) is 19.7 Å². The average Bonchev–Trinajstić information content (AvgIpc) is 2.60. The van der Waals surface area contributed by atoms with Crippen LogP contribution >= 0.6 is 0 Å². The van der Waals surface area contributed by atoms with Crippen LogP contribution in [-0.4, -0.2) is 40.4 Å². The molecule has 1 aliphatic heterocycles. The number of pyridine rings is 1. The molecule has 6 nitrogen and oxygen atoms in total. The number of aliphatic hydroxyl groups is 1. The van der Waals surface area contributed by atoms with E-state index in [1.807, 2.05) is 18.2 Å². The fourth-order valence-corrected chi connectivity index (χ4v) is 3.15. The molecule has 1 aliphatic rings. The third kappa shape index (κ3) is 3.70. The zero-order chi connectivity index (χ0) is 17.8. The molecule has 0 radical (unpaired) electrons. The third-order valence-corrected chi connectivity index (χ3v) is 4.52. The molecule has 2 heterocycles. The topological polar surface area (TPSA) is 75.1 Å². The average molecular weight is 344 g/mol. The number of aliphatic hydroxyl groups excluding tert-OH is 1. The van der Waals surface area contributed by atoms with Crippen LogP contribution in [0.15, 0.2) is 24.4 Å². The summed E-state index contributed by atoms with van der Waals surface area (Å²) in [5, 5.41) is 20.0. The van der Waals surface area contributed by atoms with Crippen molar-refractivity contribution in [3.63, 3.8) is 0 Å². The third-order valence-electron chi connectivity index (χ3n) is 4.52. The summed E-state index contributed by atoms with van der Waals surface area (Å²) in [6.07, 6.45) is 2.51. The SMILES string of the molecule is COc1cccc2c1OCCCN(Cc1c(CO)cnc(C)c1O)C2. The van der Waals surface area contributed by atoms with Crippen molar-refractivity contribution in [3.8, 4) is 17.2 Å². The molecule has 6 heteroatoms. The van der Waals surface area contributed by atoms with E-state index in [1.54, 1.807) is 20.2 Å². The molecule has 25 heavy (non-hydrogen) atoms. The van der Waals surface area contributed by atoms with E-state index in [2.05, 4.69) is 9.88 Å². The van der Waals surface area contributed by atoms with Crippen LogP contribution in [0, 0.1) is 6.92 Å². The number of aromatic hydroxyl groups is 1. The first-order valence-corrected chi connectivity index (χ1v) is 8.42. The molecule has 134 valence electrons. The monoisotopic (exact) mass is 344 g/mol. The Hall–Kier alpha value is -2.31. The predicted octanol–water partition coefficient (Wildman–Crippen LogP) is 2.38. The van der Waals surface area contributed by atoms with Gasteiger partial charge in [-0.05, 0) is 19.4 Å². The van der Waals surface area contributed by atoms with E-state index < -0.39 is 0 Å². The van der Waals surface area contributed by atoms with Gasteiger partial charge in [-0.1, -0.05) is 12.1 Å². The first kappa shape index (κ1) is 17.5. The number of aryl methyl sites for hydroxylation is 1. The highest BCUT2D eigenvalue weighted by Crippen LogP contribution is 2.34. The van der Waals surface area contributed by atoms with Gasteiger partial charge in [0.05, 0.1) is 26.0 Å². The van der Waals surface area contributed by atoms with Crippen LogP contribution in [0.2, 0.25) is 0 Å². The second-order valence-corrected chi connectivity index (χ2v) is 6.22. The summed E-state index contributed by atoms with van der Waals surface area (Å²) in [4.78, 5) is 6.37. The number of hydrogen-bond donors (Lipinski definition) is 2. The molecule has 1 aromatic carbocycles. The second kappa shape index (κ2) is 7.72. The summed E-state index contributed by atoms with van der Waals surface area (Å²) < 4.78 is 11.3. The lowest BCUT2D eigenvalue weighted by Crippen LogP contribution is -2.28. The Morgan fingerprint density at radius 1 is 1.36 bits per heavy atom. The maximum Gasteiger partial charge on any atom is 0.165 e. The van der Waals surface area contributed by atoms with E-state index in [4.69, 9.17) is 9.47 Å². The molecule has 0 spiro atoms. The summed E-state index contributed by atoms with van der Waals surface area (Å²) in [7, 11) is 1.64. The quantitative estimate of drug-likeness (QED) is 0.887. The Labute approximate surface area is 147 Å². The summed E-state index contributed by atoms with van der Waals surface area (Å²) in [5.41, 5.74) is 3.02. The van der Waals surface area contributed by atoms with Crippen molar-refractivity contribution in [1.29, 1.82) is 0 Å². The van der Waals surface area contributed by atoms with Crippen LogP contribution in [0.3, 0.4) is 0 Å². The fourth-order valence-electron chi connectivity index (χ4n) is 3.15. The summed E-state index contributed by atoms with van der Waals surface area (Å²) in [5.74, 6) is 1.68. The van der Waals surface area contributed by atoms with Crippen LogP contribution < -0.4 is 9.47 Å². The van der Waals surface area contributed by atoms with Gasteiger partial charge in [0.15, 0.2) is 11.5 Å². The van der Waals surface area contributed by atoms with Gasteiger partial charge in [-0.2, -0.15) is 0 Å². The molecular formula is C19H24N2O4. The highest BCUT2D eigenvalue weighted by atomic mass is 16.5. The lowest BCUT2D eigenvalue weighted by atomic mass is 10.1. The van der Waals surface area contributed by atoms with E-state index in [1.165, 1.54) is 0 Å². The fraction of sp³-hybridized carbons (Fsp3) is 0.421. The molecule has 0 unspecified atom stereocenters. The lowest BCUT2D eigenvalue weighted by molar-refractivity contribution is 0.192. The number of hydrogen-bond acceptors (Lipinski definition) is 6. The Kier molecular flexibility index (Phi) is 5.40. The van der Waals surface area contributed by atoms with Crippen molar-refractivity contribution < 1.29 is 19.7 Å². The van der Waals surface area contributed by atoms with Crippen LogP contribution in [0.4, 0.5) is 0 Å². The molecule has 0 amide bonds. The van der Waals surface area contributed by atoms with Gasteiger partial charge in [-0.3, -0.25) is 9.88 Å². The van der Waals surface area contributed by atoms with E-state index in [9.17, 15) is 10.2 Å². The molecule has 2 N–H and O–H groups in total. The molecule has 1 aromatic heterocycles. The predicted molar refractivity (Wildman–Crippen MR) is 93.8 cm³/mol. The maximum atomic E-state index is 10.4. The molecular weight excluding hydrogens is 320 g/mol. The molecule has 0 saturated carbocycles. The summed E-state index contributed by atoms with van der Waals surface area (Å²) in [6.45, 7) is 4.29. The van der Waals surface area contributed by atoms with Crippen molar-refractivity contribution in [2.45, 2.75) is 33.0 Å². The molecule has 0 saturated heterocycles. The van der Waals surface area contributed by atoms with Crippen molar-refractivity contribution in [1.82, 2.24) is 9.88 Å². The lowest BCUT2D eigenvalue weighted by Gasteiger charge is -2.28. The number of aromatic nitrogens is 1. The molecule has 2 aromatic rings. The van der Waals surface area contributed by atoms with Crippen LogP contribution in [0.25, 0.3) is 0 Å². The normalized spacial score (nSPS) is 15.0. The van der Waals surface area contributed by atoms with E-state index in [-0.39, 0.29) is 12.4 Å². The molecule has 0 bridgehead atoms. The number of nitrogens with zero attached hydrogens (tertiary/aromatic N) is 2. The summed E-state index contributed by atoms with van der Waals surface area (Å²) >= 11 is 0. The maximum absolute atomic E-state index is 10.4. The zero-order valence-electron chi connectivity index (χ0n) is 14.7. The van der Waals surface area contributed by atoms with Gasteiger partial charge in [0.2, 0.25) is 0 Å². The van der Waals surface area contributed by atoms with Gasteiger partial charge in [0.1, 0.15) is 5.75 Å². The Morgan fingerprint density at radius 3 is 2.96 bits per heavy atom. The summed E-state index contributed by atoms with van der Waals surface area (Å²) in [6, 6.07) is 5.88. The van der Waals surface area contributed by atoms with Crippen molar-refractivity contribution in [3.05, 3.63) is 46.8 Å². The minimum atomic E-state index is -0.141. The van der Waals surface area contributed by atoms with Gasteiger partial charge >= 0.3 is 0 Å². The van der Waals surface area contributed by atoms with E-state index in [0.29, 0.717) is 31.0 Å². The molecule has 0 aliphatic carbocycles. The second-order valence-electron chi connectivity index (χ2n) is 6.22. The van der Waals surface area contributed by atoms with Crippen LogP contribution in [0.1, 0.15) is 28.8 Å². The number of methoxy groups -OCH3 is 1. The number of fused-ring (bicyclic) bond motifs is 1. The zero-order valence-corrected chi connectivity index (χ0v) is 14.7. The number of ether oxygens (including phenoxy) is 2. The van der Waals surface area contributed by atoms with Crippen molar-refractivity contribution >= 4 is 0 Å². The highest BCUT2D eigenvalue weighted by Gasteiger charge is 2.20. The van der Waals surface area contributed by atoms with E-state index >= 15 is 0 Å². The largest absolute Gasteiger partial charge is 0.506 e. The molecule has 3 rings (SSSR count).